The molecule has 1 aromatic heterocycles. The van der Waals surface area contributed by atoms with Gasteiger partial charge in [-0.25, -0.2) is 0 Å². The van der Waals surface area contributed by atoms with Crippen LogP contribution in [0.4, 0.5) is 17.1 Å². The van der Waals surface area contributed by atoms with Crippen LogP contribution in [0.2, 0.25) is 0 Å². The van der Waals surface area contributed by atoms with Crippen molar-refractivity contribution in [2.24, 2.45) is 0 Å². The van der Waals surface area contributed by atoms with Crippen molar-refractivity contribution in [3.8, 4) is 44.5 Å². The van der Waals surface area contributed by atoms with Gasteiger partial charge >= 0.3 is 0 Å². The van der Waals surface area contributed by atoms with Crippen LogP contribution in [0.25, 0.3) is 66.4 Å². The van der Waals surface area contributed by atoms with Crippen LogP contribution in [-0.2, 0) is 5.41 Å². The summed E-state index contributed by atoms with van der Waals surface area (Å²) in [5.41, 5.74) is 17.6. The number of fused-ring (bicyclic) bond motifs is 9. The van der Waals surface area contributed by atoms with Gasteiger partial charge in [0.2, 0.25) is 0 Å². The molecule has 0 atom stereocenters. The van der Waals surface area contributed by atoms with Gasteiger partial charge in [0.25, 0.3) is 0 Å². The standard InChI is InChI=1S/C63H45NOSi/c1-63(2)57-28-13-9-24-51(57)52-34-32-47(41-58(52)63)64(46-33-35-60-56(40-46)53-25-10-14-29-59(53)65-60)48-37-44(42-18-5-3-6-19-42)36-45(38-48)43-20-17-23-50(39-43)66(49-21-7-4-8-22-49)61-30-15-11-26-54(61)55-27-12-16-31-62(55)66/h3-41H,1-2H3. The minimum Gasteiger partial charge on any atom is -0.456 e. The molecule has 0 unspecified atom stereocenters. The van der Waals surface area contributed by atoms with Crippen LogP contribution < -0.4 is 25.6 Å². The SMILES string of the molecule is CC1(C)c2ccccc2-c2ccc(N(c3cc(-c4ccccc4)cc(-c4cccc([Si]5(c6ccccc6)c6ccccc6-c6ccccc65)c4)c3)c3ccc4oc5ccccc5c4c3)cc21. The summed E-state index contributed by atoms with van der Waals surface area (Å²) in [6.45, 7) is 4.73. The average Bonchev–Trinajstić information content (AvgIpc) is 3.98. The van der Waals surface area contributed by atoms with Crippen molar-refractivity contribution in [3.05, 3.63) is 248 Å². The monoisotopic (exact) mass is 859 g/mol. The highest BCUT2D eigenvalue weighted by atomic mass is 28.3. The second-order valence-corrected chi connectivity index (χ2v) is 22.2. The molecule has 0 amide bonds. The topological polar surface area (TPSA) is 16.4 Å². The lowest BCUT2D eigenvalue weighted by Crippen LogP contribution is -2.72. The van der Waals surface area contributed by atoms with Crippen molar-refractivity contribution in [2.45, 2.75) is 19.3 Å². The molecule has 0 saturated carbocycles. The zero-order valence-corrected chi connectivity index (χ0v) is 37.9. The van der Waals surface area contributed by atoms with Gasteiger partial charge in [-0.3, -0.25) is 0 Å². The summed E-state index contributed by atoms with van der Waals surface area (Å²) >= 11 is 0. The van der Waals surface area contributed by atoms with Crippen molar-refractivity contribution >= 4 is 67.8 Å². The molecular weight excluding hydrogens is 815 g/mol. The number of hydrogen-bond acceptors (Lipinski definition) is 2. The van der Waals surface area contributed by atoms with Gasteiger partial charge < -0.3 is 9.32 Å². The van der Waals surface area contributed by atoms with E-state index in [1.807, 2.05) is 6.07 Å². The van der Waals surface area contributed by atoms with Gasteiger partial charge in [0, 0.05) is 33.2 Å². The first-order valence-corrected chi connectivity index (χ1v) is 25.0. The lowest BCUT2D eigenvalue weighted by atomic mass is 9.82. The predicted molar refractivity (Wildman–Crippen MR) is 279 cm³/mol. The molecule has 0 spiro atoms. The Labute approximate surface area is 386 Å². The molecule has 2 aliphatic rings. The van der Waals surface area contributed by atoms with E-state index in [0.29, 0.717) is 0 Å². The van der Waals surface area contributed by atoms with Gasteiger partial charge in [-0.1, -0.05) is 196 Å². The van der Waals surface area contributed by atoms with Gasteiger partial charge in [0.1, 0.15) is 11.2 Å². The van der Waals surface area contributed by atoms with Gasteiger partial charge in [-0.15, -0.1) is 0 Å². The summed E-state index contributed by atoms with van der Waals surface area (Å²) in [6.07, 6.45) is 0. The van der Waals surface area contributed by atoms with E-state index in [0.717, 1.165) is 44.6 Å². The smallest absolute Gasteiger partial charge is 0.180 e. The quantitative estimate of drug-likeness (QED) is 0.148. The second kappa shape index (κ2) is 14.8. The Kier molecular flexibility index (Phi) is 8.62. The zero-order valence-electron chi connectivity index (χ0n) is 36.9. The molecule has 0 radical (unpaired) electrons. The van der Waals surface area contributed by atoms with Crippen LogP contribution in [0, 0.1) is 0 Å². The number of furan rings is 1. The summed E-state index contributed by atoms with van der Waals surface area (Å²) in [5, 5.41) is 7.88. The van der Waals surface area contributed by atoms with Gasteiger partial charge in [-0.05, 0) is 131 Å². The van der Waals surface area contributed by atoms with Gasteiger partial charge in [0.15, 0.2) is 8.07 Å². The van der Waals surface area contributed by atoms with Crippen molar-refractivity contribution in [1.29, 1.82) is 0 Å². The molecule has 13 rings (SSSR count). The minimum absolute atomic E-state index is 0.161. The lowest BCUT2D eigenvalue weighted by molar-refractivity contribution is 0.660. The zero-order chi connectivity index (χ0) is 44.0. The van der Waals surface area contributed by atoms with E-state index < -0.39 is 8.07 Å². The Hall–Kier alpha value is -7.98. The summed E-state index contributed by atoms with van der Waals surface area (Å²) in [5.74, 6) is 0. The molecule has 0 N–H and O–H groups in total. The van der Waals surface area contributed by atoms with Crippen LogP contribution in [0.15, 0.2) is 241 Å². The van der Waals surface area contributed by atoms with E-state index >= 15 is 0 Å². The Bertz CT molecular complexity index is 3650. The molecule has 0 bridgehead atoms. The number of para-hydroxylation sites is 1. The number of anilines is 3. The van der Waals surface area contributed by atoms with Gasteiger partial charge in [0.05, 0.1) is 0 Å². The molecule has 2 heterocycles. The third kappa shape index (κ3) is 5.73. The molecule has 0 saturated heterocycles. The molecule has 66 heavy (non-hydrogen) atoms. The van der Waals surface area contributed by atoms with E-state index in [2.05, 4.69) is 249 Å². The first kappa shape index (κ1) is 38.5. The van der Waals surface area contributed by atoms with Crippen LogP contribution in [-0.4, -0.2) is 8.07 Å². The third-order valence-corrected chi connectivity index (χ3v) is 19.4. The fourth-order valence-corrected chi connectivity index (χ4v) is 16.7. The Morgan fingerprint density at radius 1 is 0.348 bits per heavy atom. The molecule has 312 valence electrons. The molecule has 0 fully saturated rings. The maximum Gasteiger partial charge on any atom is 0.180 e. The van der Waals surface area contributed by atoms with E-state index in [-0.39, 0.29) is 5.41 Å². The molecule has 10 aromatic carbocycles. The van der Waals surface area contributed by atoms with Gasteiger partial charge in [-0.2, -0.15) is 0 Å². The highest BCUT2D eigenvalue weighted by Gasteiger charge is 2.48. The third-order valence-electron chi connectivity index (χ3n) is 14.5. The van der Waals surface area contributed by atoms with Crippen LogP contribution in [0.1, 0.15) is 25.0 Å². The molecular formula is C63H45NOSi. The molecule has 11 aromatic rings. The Balaban J connectivity index is 1.05. The summed E-state index contributed by atoms with van der Waals surface area (Å²) in [7, 11) is -2.72. The fraction of sp³-hybridized carbons (Fsp3) is 0.0476. The first-order valence-electron chi connectivity index (χ1n) is 23.0. The van der Waals surface area contributed by atoms with Crippen molar-refractivity contribution in [1.82, 2.24) is 0 Å². The number of nitrogens with zero attached hydrogens (tertiary/aromatic N) is 1. The number of benzene rings is 10. The number of rotatable bonds is 7. The van der Waals surface area contributed by atoms with Crippen molar-refractivity contribution in [3.63, 3.8) is 0 Å². The maximum absolute atomic E-state index is 6.40. The van der Waals surface area contributed by atoms with E-state index in [4.69, 9.17) is 4.42 Å². The minimum atomic E-state index is -2.72. The average molecular weight is 860 g/mol. The largest absolute Gasteiger partial charge is 0.456 e. The first-order chi connectivity index (χ1) is 32.5. The van der Waals surface area contributed by atoms with Crippen molar-refractivity contribution < 1.29 is 4.42 Å². The Morgan fingerprint density at radius 2 is 0.909 bits per heavy atom. The molecule has 3 heteroatoms. The normalized spacial score (nSPS) is 13.8. The van der Waals surface area contributed by atoms with Crippen LogP contribution in [0.5, 0.6) is 0 Å². The van der Waals surface area contributed by atoms with E-state index in [9.17, 15) is 0 Å². The van der Waals surface area contributed by atoms with Crippen molar-refractivity contribution in [2.75, 3.05) is 4.90 Å². The molecule has 2 nitrogen and oxygen atoms in total. The second-order valence-electron chi connectivity index (χ2n) is 18.4. The van der Waals surface area contributed by atoms with Crippen LogP contribution >= 0.6 is 0 Å². The Morgan fingerprint density at radius 3 is 1.68 bits per heavy atom. The molecule has 1 aliphatic carbocycles. The number of hydrogen-bond donors (Lipinski definition) is 0. The highest BCUT2D eigenvalue weighted by Crippen LogP contribution is 2.51. The van der Waals surface area contributed by atoms with Crippen LogP contribution in [0.3, 0.4) is 0 Å². The summed E-state index contributed by atoms with van der Waals surface area (Å²) in [4.78, 5) is 2.46. The summed E-state index contributed by atoms with van der Waals surface area (Å²) < 4.78 is 6.40. The van der Waals surface area contributed by atoms with E-state index in [1.54, 1.807) is 0 Å². The fourth-order valence-electron chi connectivity index (χ4n) is 11.5. The maximum atomic E-state index is 6.40. The lowest BCUT2D eigenvalue weighted by Gasteiger charge is -2.32. The molecule has 1 aliphatic heterocycles. The highest BCUT2D eigenvalue weighted by molar-refractivity contribution is 7.22. The van der Waals surface area contributed by atoms with E-state index in [1.165, 1.54) is 70.8 Å². The predicted octanol–water partition coefficient (Wildman–Crippen LogP) is 14.1. The summed E-state index contributed by atoms with van der Waals surface area (Å²) in [6, 6.07) is 88.1.